The number of benzene rings is 1. The van der Waals surface area contributed by atoms with Gasteiger partial charge in [0.25, 0.3) is 0 Å². The average Bonchev–Trinajstić information content (AvgIpc) is 2.34. The Morgan fingerprint density at radius 1 is 1.44 bits per heavy atom. The third kappa shape index (κ3) is 3.06. The molecule has 1 aromatic rings. The van der Waals surface area contributed by atoms with E-state index in [0.29, 0.717) is 30.5 Å². The molecule has 0 saturated carbocycles. The van der Waals surface area contributed by atoms with Gasteiger partial charge in [-0.1, -0.05) is 0 Å². The van der Waals surface area contributed by atoms with Crippen LogP contribution in [0.2, 0.25) is 0 Å². The molecule has 0 bridgehead atoms. The number of aliphatic hydroxyl groups is 1. The van der Waals surface area contributed by atoms with Crippen LogP contribution >= 0.6 is 0 Å². The molecule has 0 aromatic heterocycles. The maximum atomic E-state index is 13.6. The van der Waals surface area contributed by atoms with Crippen LogP contribution in [0.1, 0.15) is 30.9 Å². The van der Waals surface area contributed by atoms with Gasteiger partial charge in [0.2, 0.25) is 0 Å². The average molecular weight is 248 g/mol. The molecule has 2 rings (SSSR count). The van der Waals surface area contributed by atoms with E-state index in [0.717, 1.165) is 13.1 Å². The standard InChI is InChI=1S/C14H17FN2O/c1-14(18)4-6-17(7-5-14)10-12-8-11(9-16)2-3-13(12)15/h2-3,8,18H,4-7,10H2,1H3. The van der Waals surface area contributed by atoms with E-state index in [1.54, 1.807) is 6.07 Å². The summed E-state index contributed by atoms with van der Waals surface area (Å²) < 4.78 is 13.6. The van der Waals surface area contributed by atoms with E-state index in [1.807, 2.05) is 13.0 Å². The second-order valence-electron chi connectivity index (χ2n) is 5.19. The van der Waals surface area contributed by atoms with Crippen LogP contribution in [0.5, 0.6) is 0 Å². The van der Waals surface area contributed by atoms with Crippen LogP contribution in [-0.4, -0.2) is 28.7 Å². The van der Waals surface area contributed by atoms with Crippen molar-refractivity contribution in [3.8, 4) is 6.07 Å². The van der Waals surface area contributed by atoms with Gasteiger partial charge in [-0.25, -0.2) is 4.39 Å². The number of hydrogen-bond acceptors (Lipinski definition) is 3. The molecular formula is C14H17FN2O. The second kappa shape index (κ2) is 5.05. The molecule has 0 radical (unpaired) electrons. The Bertz CT molecular complexity index is 469. The van der Waals surface area contributed by atoms with Crippen LogP contribution in [0.25, 0.3) is 0 Å². The fourth-order valence-corrected chi connectivity index (χ4v) is 2.20. The third-order valence-electron chi connectivity index (χ3n) is 3.50. The summed E-state index contributed by atoms with van der Waals surface area (Å²) in [7, 11) is 0. The van der Waals surface area contributed by atoms with Crippen LogP contribution in [0.15, 0.2) is 18.2 Å². The zero-order valence-electron chi connectivity index (χ0n) is 10.5. The molecule has 1 heterocycles. The number of halogens is 1. The maximum absolute atomic E-state index is 13.6. The lowest BCUT2D eigenvalue weighted by Gasteiger charge is -2.35. The predicted molar refractivity (Wildman–Crippen MR) is 66.2 cm³/mol. The van der Waals surface area contributed by atoms with Crippen molar-refractivity contribution in [1.29, 1.82) is 5.26 Å². The van der Waals surface area contributed by atoms with Gasteiger partial charge in [-0.05, 0) is 38.0 Å². The molecule has 0 unspecified atom stereocenters. The summed E-state index contributed by atoms with van der Waals surface area (Å²) in [5.74, 6) is -0.272. The molecule has 3 nitrogen and oxygen atoms in total. The fourth-order valence-electron chi connectivity index (χ4n) is 2.20. The second-order valence-corrected chi connectivity index (χ2v) is 5.19. The molecule has 0 spiro atoms. The minimum absolute atomic E-state index is 0.272. The van der Waals surface area contributed by atoms with Crippen molar-refractivity contribution in [2.45, 2.75) is 31.9 Å². The normalized spacial score (nSPS) is 19.4. The number of rotatable bonds is 2. The van der Waals surface area contributed by atoms with E-state index in [4.69, 9.17) is 5.26 Å². The first-order valence-electron chi connectivity index (χ1n) is 6.13. The summed E-state index contributed by atoms with van der Waals surface area (Å²) >= 11 is 0. The molecule has 96 valence electrons. The zero-order valence-corrected chi connectivity index (χ0v) is 10.5. The smallest absolute Gasteiger partial charge is 0.127 e. The molecule has 0 atom stereocenters. The maximum Gasteiger partial charge on any atom is 0.127 e. The van der Waals surface area contributed by atoms with Crippen LogP contribution in [0, 0.1) is 17.1 Å². The van der Waals surface area contributed by atoms with Gasteiger partial charge in [-0.15, -0.1) is 0 Å². The van der Waals surface area contributed by atoms with Crippen molar-refractivity contribution in [1.82, 2.24) is 4.90 Å². The summed E-state index contributed by atoms with van der Waals surface area (Å²) in [4.78, 5) is 2.11. The zero-order chi connectivity index (χ0) is 13.2. The highest BCUT2D eigenvalue weighted by Gasteiger charge is 2.27. The monoisotopic (exact) mass is 248 g/mol. The Balaban J connectivity index is 2.04. The van der Waals surface area contributed by atoms with Crippen molar-refractivity contribution < 1.29 is 9.50 Å². The molecule has 0 amide bonds. The number of piperidine rings is 1. The molecule has 0 aliphatic carbocycles. The fraction of sp³-hybridized carbons (Fsp3) is 0.500. The molecule has 1 aliphatic rings. The van der Waals surface area contributed by atoms with Crippen LogP contribution < -0.4 is 0 Å². The van der Waals surface area contributed by atoms with E-state index in [-0.39, 0.29) is 5.82 Å². The first kappa shape index (κ1) is 13.0. The molecule has 1 N–H and O–H groups in total. The highest BCUT2D eigenvalue weighted by molar-refractivity contribution is 5.33. The SMILES string of the molecule is CC1(O)CCN(Cc2cc(C#N)ccc2F)CC1. The van der Waals surface area contributed by atoms with E-state index < -0.39 is 5.60 Å². The first-order valence-corrected chi connectivity index (χ1v) is 6.13. The Kier molecular flexibility index (Phi) is 3.65. The van der Waals surface area contributed by atoms with Crippen molar-refractivity contribution >= 4 is 0 Å². The van der Waals surface area contributed by atoms with Gasteiger partial charge in [-0.2, -0.15) is 5.26 Å². The van der Waals surface area contributed by atoms with Crippen LogP contribution in [0.4, 0.5) is 4.39 Å². The van der Waals surface area contributed by atoms with Gasteiger partial charge in [0.15, 0.2) is 0 Å². The highest BCUT2D eigenvalue weighted by Crippen LogP contribution is 2.23. The van der Waals surface area contributed by atoms with E-state index >= 15 is 0 Å². The van der Waals surface area contributed by atoms with Crippen molar-refractivity contribution in [2.24, 2.45) is 0 Å². The molecule has 1 fully saturated rings. The number of nitriles is 1. The largest absolute Gasteiger partial charge is 0.390 e. The molecule has 1 saturated heterocycles. The molecule has 1 aliphatic heterocycles. The van der Waals surface area contributed by atoms with Gasteiger partial charge in [0.05, 0.1) is 17.2 Å². The van der Waals surface area contributed by atoms with Crippen LogP contribution in [-0.2, 0) is 6.54 Å². The Labute approximate surface area is 106 Å². The predicted octanol–water partition coefficient (Wildman–Crippen LogP) is 2.04. The van der Waals surface area contributed by atoms with E-state index in [9.17, 15) is 9.50 Å². The van der Waals surface area contributed by atoms with Crippen molar-refractivity contribution in [3.05, 3.63) is 35.1 Å². The molecular weight excluding hydrogens is 231 g/mol. The summed E-state index contributed by atoms with van der Waals surface area (Å²) in [6.45, 7) is 3.84. The van der Waals surface area contributed by atoms with E-state index in [1.165, 1.54) is 12.1 Å². The van der Waals surface area contributed by atoms with Gasteiger partial charge < -0.3 is 5.11 Å². The molecule has 1 aromatic carbocycles. The number of hydrogen-bond donors (Lipinski definition) is 1. The number of nitrogens with zero attached hydrogens (tertiary/aromatic N) is 2. The lowest BCUT2D eigenvalue weighted by atomic mass is 9.93. The van der Waals surface area contributed by atoms with Crippen molar-refractivity contribution in [2.75, 3.05) is 13.1 Å². The molecule has 4 heteroatoms. The Hall–Kier alpha value is -1.44. The van der Waals surface area contributed by atoms with Gasteiger partial charge >= 0.3 is 0 Å². The van der Waals surface area contributed by atoms with Gasteiger partial charge in [-0.3, -0.25) is 4.90 Å². The van der Waals surface area contributed by atoms with Gasteiger partial charge in [0.1, 0.15) is 5.82 Å². The summed E-state index contributed by atoms with van der Waals surface area (Å²) in [5.41, 5.74) is 0.440. The van der Waals surface area contributed by atoms with Crippen molar-refractivity contribution in [3.63, 3.8) is 0 Å². The van der Waals surface area contributed by atoms with E-state index in [2.05, 4.69) is 4.90 Å². The quantitative estimate of drug-likeness (QED) is 0.871. The van der Waals surface area contributed by atoms with Crippen LogP contribution in [0.3, 0.4) is 0 Å². The summed E-state index contributed by atoms with van der Waals surface area (Å²) in [6, 6.07) is 6.45. The topological polar surface area (TPSA) is 47.3 Å². The lowest BCUT2D eigenvalue weighted by molar-refractivity contribution is -0.00749. The third-order valence-corrected chi connectivity index (χ3v) is 3.50. The minimum atomic E-state index is -0.594. The molecule has 18 heavy (non-hydrogen) atoms. The van der Waals surface area contributed by atoms with Gasteiger partial charge in [0, 0.05) is 25.2 Å². The highest BCUT2D eigenvalue weighted by atomic mass is 19.1. The Morgan fingerprint density at radius 2 is 2.11 bits per heavy atom. The summed E-state index contributed by atoms with van der Waals surface area (Å²) in [6.07, 6.45) is 1.40. The summed E-state index contributed by atoms with van der Waals surface area (Å²) in [5, 5.41) is 18.7. The first-order chi connectivity index (χ1) is 8.50. The minimum Gasteiger partial charge on any atom is -0.390 e. The number of likely N-dealkylation sites (tertiary alicyclic amines) is 1. The Morgan fingerprint density at radius 3 is 2.72 bits per heavy atom. The lowest BCUT2D eigenvalue weighted by Crippen LogP contribution is -2.42.